The van der Waals surface area contributed by atoms with Gasteiger partial charge in [-0.2, -0.15) is 5.10 Å². The Kier molecular flexibility index (Phi) is 4.88. The molecule has 1 unspecified atom stereocenters. The van der Waals surface area contributed by atoms with Gasteiger partial charge in [0.15, 0.2) is 11.6 Å². The predicted molar refractivity (Wildman–Crippen MR) is 112 cm³/mol. The number of benzene rings is 1. The minimum Gasteiger partial charge on any atom is -0.360 e. The van der Waals surface area contributed by atoms with Gasteiger partial charge in [0.1, 0.15) is 5.76 Å². The molecule has 0 radical (unpaired) electrons. The van der Waals surface area contributed by atoms with Gasteiger partial charge >= 0.3 is 0 Å². The van der Waals surface area contributed by atoms with Crippen LogP contribution in [-0.2, 0) is 25.7 Å². The molecule has 0 saturated heterocycles. The van der Waals surface area contributed by atoms with Crippen molar-refractivity contribution in [2.75, 3.05) is 0 Å². The first kappa shape index (κ1) is 19.6. The Bertz CT molecular complexity index is 1190. The van der Waals surface area contributed by atoms with Crippen LogP contribution in [0.25, 0.3) is 0 Å². The molecule has 1 aromatic carbocycles. The number of aryl methyl sites for hydroxylation is 2. The predicted octanol–water partition coefficient (Wildman–Crippen LogP) is 3.75. The highest BCUT2D eigenvalue weighted by atomic mass is 16.5. The van der Waals surface area contributed by atoms with E-state index in [2.05, 4.69) is 10.3 Å². The van der Waals surface area contributed by atoms with Gasteiger partial charge in [0.25, 0.3) is 0 Å². The summed E-state index contributed by atoms with van der Waals surface area (Å²) in [6.45, 7) is 1.45. The van der Waals surface area contributed by atoms with Crippen LogP contribution in [0.2, 0.25) is 0 Å². The van der Waals surface area contributed by atoms with Gasteiger partial charge in [-0.05, 0) is 37.2 Å². The summed E-state index contributed by atoms with van der Waals surface area (Å²) in [7, 11) is 0. The highest BCUT2D eigenvalue weighted by Gasteiger charge is 2.33. The van der Waals surface area contributed by atoms with Crippen molar-refractivity contribution >= 4 is 17.5 Å². The number of Topliss-reactive ketones (excluding diaryl/α,β-unsaturated/α-hetero) is 2. The topological polar surface area (TPSA) is 95.1 Å². The maximum atomic E-state index is 12.9. The third-order valence-corrected chi connectivity index (χ3v) is 6.29. The molecule has 158 valence electrons. The third-order valence-electron chi connectivity index (χ3n) is 6.29. The van der Waals surface area contributed by atoms with Crippen molar-refractivity contribution in [3.05, 3.63) is 69.9 Å². The van der Waals surface area contributed by atoms with Crippen molar-refractivity contribution in [1.82, 2.24) is 14.9 Å². The second-order valence-corrected chi connectivity index (χ2v) is 8.34. The van der Waals surface area contributed by atoms with E-state index in [1.165, 1.54) is 11.6 Å². The molecule has 2 aromatic heterocycles. The van der Waals surface area contributed by atoms with Gasteiger partial charge in [0.2, 0.25) is 5.91 Å². The molecule has 2 aliphatic carbocycles. The van der Waals surface area contributed by atoms with Gasteiger partial charge in [-0.3, -0.25) is 14.4 Å². The number of hydrogen-bond acceptors (Lipinski definition) is 6. The average Bonchev–Trinajstić information content (AvgIpc) is 3.35. The van der Waals surface area contributed by atoms with E-state index in [1.807, 2.05) is 30.3 Å². The lowest BCUT2D eigenvalue weighted by Gasteiger charge is -2.20. The van der Waals surface area contributed by atoms with Crippen molar-refractivity contribution in [3.63, 3.8) is 0 Å². The monoisotopic (exact) mass is 417 g/mol. The lowest BCUT2D eigenvalue weighted by molar-refractivity contribution is 0.0914. The molecule has 5 rings (SSSR count). The zero-order valence-corrected chi connectivity index (χ0v) is 17.4. The summed E-state index contributed by atoms with van der Waals surface area (Å²) in [5.74, 6) is 0.606. The summed E-state index contributed by atoms with van der Waals surface area (Å²) in [5.41, 5.74) is 4.22. The van der Waals surface area contributed by atoms with Crippen molar-refractivity contribution in [2.24, 2.45) is 0 Å². The zero-order valence-electron chi connectivity index (χ0n) is 17.4. The molecule has 3 aromatic rings. The highest BCUT2D eigenvalue weighted by molar-refractivity contribution is 6.00. The van der Waals surface area contributed by atoms with Crippen LogP contribution in [0.15, 0.2) is 34.9 Å². The molecule has 0 bridgehead atoms. The van der Waals surface area contributed by atoms with E-state index in [4.69, 9.17) is 4.52 Å². The number of aromatic nitrogens is 3. The molecule has 0 saturated carbocycles. The molecule has 0 spiro atoms. The van der Waals surface area contributed by atoms with Gasteiger partial charge in [-0.1, -0.05) is 35.5 Å². The standard InChI is InChI=1S/C24H23N3O4/c1-14(28)27-19-8-5-9-20(29)23(19)17(25-27)10-11-18-24-21(30)12-16(13-22(24)31-26-18)15-6-3-2-4-7-15/h2-4,6-7,16H,5,8-13H2,1H3. The minimum atomic E-state index is -0.196. The molecular weight excluding hydrogens is 394 g/mol. The normalized spacial score (nSPS) is 18.0. The number of carbonyl (C=O) groups is 3. The fourth-order valence-electron chi connectivity index (χ4n) is 4.84. The Morgan fingerprint density at radius 2 is 1.81 bits per heavy atom. The smallest absolute Gasteiger partial charge is 0.243 e. The number of ketones is 2. The van der Waals surface area contributed by atoms with E-state index in [1.54, 1.807) is 0 Å². The quantitative estimate of drug-likeness (QED) is 0.642. The molecule has 0 N–H and O–H groups in total. The molecule has 1 atom stereocenters. The fraction of sp³-hybridized carbons (Fsp3) is 0.375. The molecular formula is C24H23N3O4. The number of nitrogens with zero attached hydrogens (tertiary/aromatic N) is 3. The van der Waals surface area contributed by atoms with Crippen LogP contribution in [0.4, 0.5) is 0 Å². The largest absolute Gasteiger partial charge is 0.360 e. The Morgan fingerprint density at radius 3 is 2.58 bits per heavy atom. The van der Waals surface area contributed by atoms with Crippen LogP contribution >= 0.6 is 0 Å². The van der Waals surface area contributed by atoms with Crippen molar-refractivity contribution in [2.45, 2.75) is 57.8 Å². The van der Waals surface area contributed by atoms with E-state index in [-0.39, 0.29) is 23.4 Å². The summed E-state index contributed by atoms with van der Waals surface area (Å²) in [5, 5.41) is 8.61. The first-order valence-corrected chi connectivity index (χ1v) is 10.7. The molecule has 2 heterocycles. The summed E-state index contributed by atoms with van der Waals surface area (Å²) in [6.07, 6.45) is 3.83. The molecule has 0 aliphatic heterocycles. The molecule has 0 fully saturated rings. The number of rotatable bonds is 4. The Labute approximate surface area is 179 Å². The maximum absolute atomic E-state index is 12.9. The highest BCUT2D eigenvalue weighted by Crippen LogP contribution is 2.35. The van der Waals surface area contributed by atoms with Crippen LogP contribution in [0, 0.1) is 0 Å². The summed E-state index contributed by atoms with van der Waals surface area (Å²) in [6, 6.07) is 9.98. The van der Waals surface area contributed by atoms with E-state index < -0.39 is 0 Å². The van der Waals surface area contributed by atoms with Gasteiger partial charge in [0.05, 0.1) is 28.2 Å². The molecule has 31 heavy (non-hydrogen) atoms. The molecule has 7 nitrogen and oxygen atoms in total. The van der Waals surface area contributed by atoms with Crippen LogP contribution < -0.4 is 0 Å². The van der Waals surface area contributed by atoms with Crippen molar-refractivity contribution in [3.8, 4) is 0 Å². The summed E-state index contributed by atoms with van der Waals surface area (Å²) < 4.78 is 6.91. The Hall–Kier alpha value is -3.35. The SMILES string of the molecule is CC(=O)n1nc(CCc2noc3c2C(=O)CC(c2ccccc2)C3)c2c1CCCC2=O. The first-order chi connectivity index (χ1) is 15.0. The van der Waals surface area contributed by atoms with Crippen LogP contribution in [0.5, 0.6) is 0 Å². The molecule has 7 heteroatoms. The number of hydrogen-bond donors (Lipinski definition) is 0. The second-order valence-electron chi connectivity index (χ2n) is 8.34. The first-order valence-electron chi connectivity index (χ1n) is 10.7. The van der Waals surface area contributed by atoms with E-state index in [9.17, 15) is 14.4 Å². The van der Waals surface area contributed by atoms with E-state index >= 15 is 0 Å². The van der Waals surface area contributed by atoms with Crippen molar-refractivity contribution < 1.29 is 18.9 Å². The Morgan fingerprint density at radius 1 is 1.03 bits per heavy atom. The summed E-state index contributed by atoms with van der Waals surface area (Å²) >= 11 is 0. The fourth-order valence-corrected chi connectivity index (χ4v) is 4.84. The third kappa shape index (κ3) is 3.44. The van der Waals surface area contributed by atoms with Gasteiger partial charge in [-0.25, -0.2) is 4.68 Å². The van der Waals surface area contributed by atoms with Crippen LogP contribution in [0.3, 0.4) is 0 Å². The lowest BCUT2D eigenvalue weighted by Crippen LogP contribution is -2.19. The Balaban J connectivity index is 1.39. The number of carbonyl (C=O) groups excluding carboxylic acids is 3. The zero-order chi connectivity index (χ0) is 21.5. The average molecular weight is 417 g/mol. The number of fused-ring (bicyclic) bond motifs is 2. The van der Waals surface area contributed by atoms with E-state index in [0.29, 0.717) is 72.5 Å². The maximum Gasteiger partial charge on any atom is 0.243 e. The van der Waals surface area contributed by atoms with Crippen LogP contribution in [0.1, 0.15) is 86.0 Å². The lowest BCUT2D eigenvalue weighted by atomic mass is 9.81. The van der Waals surface area contributed by atoms with Gasteiger partial charge in [0, 0.05) is 26.2 Å². The molecule has 0 amide bonds. The van der Waals surface area contributed by atoms with E-state index in [0.717, 1.165) is 12.0 Å². The summed E-state index contributed by atoms with van der Waals surface area (Å²) in [4.78, 5) is 37.4. The molecule has 2 aliphatic rings. The van der Waals surface area contributed by atoms with Crippen LogP contribution in [-0.4, -0.2) is 32.4 Å². The second kappa shape index (κ2) is 7.72. The van der Waals surface area contributed by atoms with Crippen molar-refractivity contribution in [1.29, 1.82) is 0 Å². The van der Waals surface area contributed by atoms with Gasteiger partial charge in [-0.15, -0.1) is 0 Å². The minimum absolute atomic E-state index is 0.0349. The van der Waals surface area contributed by atoms with Gasteiger partial charge < -0.3 is 4.52 Å².